The molecule has 1 aromatic carbocycles. The Kier molecular flexibility index (Phi) is 3.68. The molecule has 2 heterocycles. The van der Waals surface area contributed by atoms with Crippen LogP contribution < -0.4 is 0 Å². The molecule has 0 saturated carbocycles. The highest BCUT2D eigenvalue weighted by atomic mass is 32.1. The van der Waals surface area contributed by atoms with Crippen LogP contribution in [0.4, 0.5) is 0 Å². The van der Waals surface area contributed by atoms with Crippen molar-refractivity contribution in [2.24, 2.45) is 0 Å². The number of rotatable bonds is 3. The quantitative estimate of drug-likeness (QED) is 0.695. The third kappa shape index (κ3) is 2.81. The van der Waals surface area contributed by atoms with Gasteiger partial charge in [-0.05, 0) is 20.8 Å². The van der Waals surface area contributed by atoms with Crippen LogP contribution in [0, 0.1) is 20.8 Å². The summed E-state index contributed by atoms with van der Waals surface area (Å²) in [5.41, 5.74) is 4.68. The molecule has 3 aromatic rings. The van der Waals surface area contributed by atoms with Crippen LogP contribution in [-0.2, 0) is 6.42 Å². The van der Waals surface area contributed by atoms with Gasteiger partial charge < -0.3 is 0 Å². The van der Waals surface area contributed by atoms with Gasteiger partial charge in [0, 0.05) is 21.5 Å². The van der Waals surface area contributed by atoms with Gasteiger partial charge in [-0.1, -0.05) is 29.8 Å². The fourth-order valence-electron chi connectivity index (χ4n) is 2.12. The van der Waals surface area contributed by atoms with Crippen molar-refractivity contribution >= 4 is 22.7 Å². The van der Waals surface area contributed by atoms with Crippen molar-refractivity contribution in [3.8, 4) is 11.3 Å². The van der Waals surface area contributed by atoms with Crippen LogP contribution in [0.5, 0.6) is 0 Å². The zero-order valence-corrected chi connectivity index (χ0v) is 13.4. The van der Waals surface area contributed by atoms with Gasteiger partial charge in [0.2, 0.25) is 0 Å². The first kappa shape index (κ1) is 13.5. The van der Waals surface area contributed by atoms with Gasteiger partial charge in [0.1, 0.15) is 5.01 Å². The van der Waals surface area contributed by atoms with Crippen molar-refractivity contribution in [3.05, 3.63) is 55.8 Å². The Morgan fingerprint density at radius 3 is 2.35 bits per heavy atom. The van der Waals surface area contributed by atoms with E-state index in [-0.39, 0.29) is 0 Å². The maximum absolute atomic E-state index is 4.80. The highest BCUT2D eigenvalue weighted by molar-refractivity contribution is 7.12. The number of thiazole rings is 2. The van der Waals surface area contributed by atoms with E-state index in [2.05, 4.69) is 48.5 Å². The average molecular weight is 300 g/mol. The maximum Gasteiger partial charge on any atom is 0.100 e. The van der Waals surface area contributed by atoms with Crippen molar-refractivity contribution in [1.82, 2.24) is 9.97 Å². The van der Waals surface area contributed by atoms with Crippen molar-refractivity contribution in [2.45, 2.75) is 27.2 Å². The molecule has 2 nitrogen and oxygen atoms in total. The molecule has 4 heteroatoms. The third-order valence-electron chi connectivity index (χ3n) is 3.13. The lowest BCUT2D eigenvalue weighted by Gasteiger charge is -1.99. The van der Waals surface area contributed by atoms with Crippen LogP contribution >= 0.6 is 22.7 Å². The maximum atomic E-state index is 4.80. The van der Waals surface area contributed by atoms with Gasteiger partial charge in [-0.15, -0.1) is 22.7 Å². The highest BCUT2D eigenvalue weighted by Gasteiger charge is 2.11. The van der Waals surface area contributed by atoms with Gasteiger partial charge >= 0.3 is 0 Å². The van der Waals surface area contributed by atoms with E-state index in [0.29, 0.717) is 0 Å². The molecule has 0 amide bonds. The number of nitrogens with zero attached hydrogens (tertiary/aromatic N) is 2. The normalized spacial score (nSPS) is 10.9. The number of aromatic nitrogens is 2. The van der Waals surface area contributed by atoms with Crippen LogP contribution in [0.15, 0.2) is 29.6 Å². The molecule has 20 heavy (non-hydrogen) atoms. The summed E-state index contributed by atoms with van der Waals surface area (Å²) in [5, 5.41) is 4.38. The minimum atomic E-state index is 0.843. The van der Waals surface area contributed by atoms with E-state index in [0.717, 1.165) is 27.8 Å². The fraction of sp³-hybridized carbons (Fsp3) is 0.250. The number of hydrogen-bond acceptors (Lipinski definition) is 4. The van der Waals surface area contributed by atoms with Crippen molar-refractivity contribution in [3.63, 3.8) is 0 Å². The van der Waals surface area contributed by atoms with E-state index in [1.807, 2.05) is 6.92 Å². The summed E-state index contributed by atoms with van der Waals surface area (Å²) in [6.07, 6.45) is 0.843. The predicted molar refractivity (Wildman–Crippen MR) is 86.7 cm³/mol. The largest absolute Gasteiger partial charge is 0.246 e. The van der Waals surface area contributed by atoms with Crippen molar-refractivity contribution in [1.29, 1.82) is 0 Å². The first-order chi connectivity index (χ1) is 9.61. The lowest BCUT2D eigenvalue weighted by Crippen LogP contribution is -1.87. The zero-order chi connectivity index (χ0) is 14.1. The third-order valence-corrected chi connectivity index (χ3v) is 5.07. The van der Waals surface area contributed by atoms with Crippen molar-refractivity contribution in [2.75, 3.05) is 0 Å². The zero-order valence-electron chi connectivity index (χ0n) is 11.8. The predicted octanol–water partition coefficient (Wildman–Crippen LogP) is 4.78. The molecule has 0 N–H and O–H groups in total. The van der Waals surface area contributed by atoms with Gasteiger partial charge in [0.25, 0.3) is 0 Å². The van der Waals surface area contributed by atoms with Crippen molar-refractivity contribution < 1.29 is 0 Å². The molecular weight excluding hydrogens is 284 g/mol. The molecule has 0 spiro atoms. The van der Waals surface area contributed by atoms with Crippen LogP contribution in [0.1, 0.15) is 26.1 Å². The molecule has 0 fully saturated rings. The van der Waals surface area contributed by atoms with E-state index >= 15 is 0 Å². The summed E-state index contributed by atoms with van der Waals surface area (Å²) in [5.74, 6) is 0. The minimum Gasteiger partial charge on any atom is -0.246 e. The molecule has 0 aliphatic heterocycles. The van der Waals surface area contributed by atoms with Crippen LogP contribution in [0.3, 0.4) is 0 Å². The fourth-order valence-corrected chi connectivity index (χ4v) is 3.95. The summed E-state index contributed by atoms with van der Waals surface area (Å²) < 4.78 is 0. The standard InChI is InChI=1S/C16H16N2S2/c1-10-4-6-13(7-5-10)16-12(3)20-15(18-16)8-14-17-11(2)9-19-14/h4-7,9H,8H2,1-3H3. The average Bonchev–Trinajstić information content (AvgIpc) is 2.97. The Labute approximate surface area is 127 Å². The summed E-state index contributed by atoms with van der Waals surface area (Å²) in [4.78, 5) is 10.6. The van der Waals surface area contributed by atoms with Crippen LogP contribution in [0.2, 0.25) is 0 Å². The first-order valence-corrected chi connectivity index (χ1v) is 8.26. The summed E-state index contributed by atoms with van der Waals surface area (Å²) in [6.45, 7) is 6.28. The Morgan fingerprint density at radius 2 is 1.70 bits per heavy atom. The van der Waals surface area contributed by atoms with E-state index in [1.54, 1.807) is 22.7 Å². The van der Waals surface area contributed by atoms with Gasteiger partial charge in [-0.25, -0.2) is 9.97 Å². The smallest absolute Gasteiger partial charge is 0.100 e. The number of aryl methyl sites for hydroxylation is 3. The molecule has 102 valence electrons. The SMILES string of the molecule is Cc1ccc(-c2nc(Cc3nc(C)cs3)sc2C)cc1. The van der Waals surface area contributed by atoms with Crippen LogP contribution in [0.25, 0.3) is 11.3 Å². The van der Waals surface area contributed by atoms with Gasteiger partial charge in [-0.2, -0.15) is 0 Å². The summed E-state index contributed by atoms with van der Waals surface area (Å²) >= 11 is 3.49. The summed E-state index contributed by atoms with van der Waals surface area (Å²) in [7, 11) is 0. The van der Waals surface area contributed by atoms with E-state index in [1.165, 1.54) is 16.0 Å². The molecule has 0 atom stereocenters. The monoisotopic (exact) mass is 300 g/mol. The molecule has 0 unspecified atom stereocenters. The van der Waals surface area contributed by atoms with Crippen LogP contribution in [-0.4, -0.2) is 9.97 Å². The molecule has 0 radical (unpaired) electrons. The topological polar surface area (TPSA) is 25.8 Å². The Hall–Kier alpha value is -1.52. The molecule has 3 rings (SSSR count). The lowest BCUT2D eigenvalue weighted by molar-refractivity contribution is 1.08. The molecule has 0 aliphatic rings. The molecular formula is C16H16N2S2. The van der Waals surface area contributed by atoms with E-state index in [9.17, 15) is 0 Å². The second-order valence-electron chi connectivity index (χ2n) is 4.94. The van der Waals surface area contributed by atoms with E-state index in [4.69, 9.17) is 4.98 Å². The molecule has 0 aliphatic carbocycles. The van der Waals surface area contributed by atoms with Gasteiger partial charge in [0.05, 0.1) is 17.1 Å². The summed E-state index contributed by atoms with van der Waals surface area (Å²) in [6, 6.07) is 8.57. The first-order valence-electron chi connectivity index (χ1n) is 6.56. The van der Waals surface area contributed by atoms with Gasteiger partial charge in [-0.3, -0.25) is 0 Å². The lowest BCUT2D eigenvalue weighted by atomic mass is 10.1. The molecule has 0 bridgehead atoms. The van der Waals surface area contributed by atoms with E-state index < -0.39 is 0 Å². The highest BCUT2D eigenvalue weighted by Crippen LogP contribution is 2.29. The minimum absolute atomic E-state index is 0.843. The second kappa shape index (κ2) is 5.46. The molecule has 2 aromatic heterocycles. The number of hydrogen-bond donors (Lipinski definition) is 0. The Bertz CT molecular complexity index is 723. The second-order valence-corrected chi connectivity index (χ2v) is 7.17. The number of benzene rings is 1. The Morgan fingerprint density at radius 1 is 0.950 bits per heavy atom. The van der Waals surface area contributed by atoms with Gasteiger partial charge in [0.15, 0.2) is 0 Å². The Balaban J connectivity index is 1.89. The molecule has 0 saturated heterocycles.